The predicted molar refractivity (Wildman–Crippen MR) is 110 cm³/mol. The summed E-state index contributed by atoms with van der Waals surface area (Å²) in [7, 11) is 0. The van der Waals surface area contributed by atoms with Crippen LogP contribution in [-0.2, 0) is 0 Å². The van der Waals surface area contributed by atoms with Crippen LogP contribution < -0.4 is 18.9 Å². The van der Waals surface area contributed by atoms with Gasteiger partial charge in [-0.3, -0.25) is 0 Å². The molecule has 0 saturated carbocycles. The highest BCUT2D eigenvalue weighted by molar-refractivity contribution is 6.55. The Hall–Kier alpha value is -1.67. The number of hydrogen-bond acceptors (Lipinski definition) is 4. The molecule has 0 aliphatic carbocycles. The molecule has 0 amide bonds. The third-order valence-corrected chi connectivity index (χ3v) is 4.17. The molecule has 0 radical (unpaired) electrons. The maximum Gasteiger partial charge on any atom is 0.573 e. The first kappa shape index (κ1) is 24.6. The lowest BCUT2D eigenvalue weighted by Crippen LogP contribution is -2.17. The Morgan fingerprint density at radius 2 is 1.50 bits per heavy atom. The van der Waals surface area contributed by atoms with E-state index in [1.807, 2.05) is 0 Å². The molecule has 0 saturated heterocycles. The molecule has 4 nitrogen and oxygen atoms in total. The number of benzene rings is 2. The van der Waals surface area contributed by atoms with Crippen molar-refractivity contribution in [2.24, 2.45) is 0 Å². The third kappa shape index (κ3) is 9.00. The Morgan fingerprint density at radius 1 is 0.867 bits per heavy atom. The van der Waals surface area contributed by atoms with Gasteiger partial charge in [0.25, 0.3) is 0 Å². The fraction of sp³-hybridized carbons (Fsp3) is 0.263. The van der Waals surface area contributed by atoms with Crippen LogP contribution in [0.3, 0.4) is 0 Å². The fourth-order valence-electron chi connectivity index (χ4n) is 2.14. The number of rotatable bonds is 10. The Kier molecular flexibility index (Phi) is 9.55. The summed E-state index contributed by atoms with van der Waals surface area (Å²) in [6.45, 7) is 0.544. The van der Waals surface area contributed by atoms with Crippen LogP contribution in [0.1, 0.15) is 6.42 Å². The zero-order valence-electron chi connectivity index (χ0n) is 15.1. The van der Waals surface area contributed by atoms with Crippen molar-refractivity contribution in [3.8, 4) is 23.0 Å². The lowest BCUT2D eigenvalue weighted by atomic mass is 10.3. The molecule has 0 bridgehead atoms. The van der Waals surface area contributed by atoms with Crippen LogP contribution in [0.2, 0.25) is 10.0 Å². The SMILES string of the molecule is FC(F)(F)Oc1cccc(OCCCOc2c(Cl)cc(OCC=C(Cl)Cl)cc2Cl)c1. The lowest BCUT2D eigenvalue weighted by Gasteiger charge is -2.13. The molecule has 30 heavy (non-hydrogen) atoms. The van der Waals surface area contributed by atoms with Gasteiger partial charge in [-0.2, -0.15) is 0 Å². The molecule has 0 spiro atoms. The van der Waals surface area contributed by atoms with E-state index >= 15 is 0 Å². The van der Waals surface area contributed by atoms with Gasteiger partial charge < -0.3 is 18.9 Å². The van der Waals surface area contributed by atoms with Crippen LogP contribution in [0.15, 0.2) is 47.0 Å². The van der Waals surface area contributed by atoms with Crippen LogP contribution in [0.4, 0.5) is 13.2 Å². The molecule has 2 aromatic rings. The van der Waals surface area contributed by atoms with Crippen molar-refractivity contribution < 1.29 is 32.1 Å². The Labute approximate surface area is 191 Å². The van der Waals surface area contributed by atoms with Crippen molar-refractivity contribution >= 4 is 46.4 Å². The van der Waals surface area contributed by atoms with Gasteiger partial charge in [0.15, 0.2) is 5.75 Å². The van der Waals surface area contributed by atoms with E-state index in [2.05, 4.69) is 4.74 Å². The molecule has 0 aliphatic heterocycles. The molecular weight excluding hydrogens is 491 g/mol. The van der Waals surface area contributed by atoms with Crippen LogP contribution in [0.25, 0.3) is 0 Å². The van der Waals surface area contributed by atoms with Gasteiger partial charge in [-0.1, -0.05) is 52.5 Å². The second-order valence-electron chi connectivity index (χ2n) is 5.59. The summed E-state index contributed by atoms with van der Waals surface area (Å²) in [5, 5.41) is 0.493. The van der Waals surface area contributed by atoms with Crippen LogP contribution >= 0.6 is 46.4 Å². The van der Waals surface area contributed by atoms with Crippen LogP contribution in [0, 0.1) is 0 Å². The normalized spacial score (nSPS) is 11.0. The summed E-state index contributed by atoms with van der Waals surface area (Å²) in [6.07, 6.45) is -2.88. The third-order valence-electron chi connectivity index (χ3n) is 3.30. The summed E-state index contributed by atoms with van der Waals surface area (Å²) < 4.78 is 57.0. The summed E-state index contributed by atoms with van der Waals surface area (Å²) >= 11 is 23.3. The molecule has 164 valence electrons. The maximum absolute atomic E-state index is 12.2. The quantitative estimate of drug-likeness (QED) is 0.314. The van der Waals surface area contributed by atoms with Crippen molar-refractivity contribution in [3.63, 3.8) is 0 Å². The molecule has 0 N–H and O–H groups in total. The van der Waals surface area contributed by atoms with E-state index in [9.17, 15) is 13.2 Å². The monoisotopic (exact) mass is 504 g/mol. The number of halogens is 7. The highest BCUT2D eigenvalue weighted by atomic mass is 35.5. The van der Waals surface area contributed by atoms with E-state index in [0.717, 1.165) is 6.07 Å². The molecule has 0 fully saturated rings. The van der Waals surface area contributed by atoms with Crippen molar-refractivity contribution in [1.29, 1.82) is 0 Å². The van der Waals surface area contributed by atoms with Gasteiger partial charge in [0, 0.05) is 24.6 Å². The number of ether oxygens (including phenoxy) is 4. The van der Waals surface area contributed by atoms with E-state index in [4.69, 9.17) is 60.6 Å². The second-order valence-corrected chi connectivity index (χ2v) is 7.42. The van der Waals surface area contributed by atoms with Gasteiger partial charge in [-0.15, -0.1) is 13.2 Å². The zero-order chi connectivity index (χ0) is 22.1. The van der Waals surface area contributed by atoms with Crippen molar-refractivity contribution in [2.45, 2.75) is 12.8 Å². The standard InChI is InChI=1S/C19H15Cl4F3O4/c20-15-10-14(28-8-5-17(22)23)11-16(21)18(15)29-7-2-6-27-12-3-1-4-13(9-12)30-19(24,25)26/h1,3-5,9-11H,2,6-8H2. The van der Waals surface area contributed by atoms with Gasteiger partial charge >= 0.3 is 6.36 Å². The minimum absolute atomic E-state index is 0.0778. The topological polar surface area (TPSA) is 36.9 Å². The molecule has 11 heteroatoms. The van der Waals surface area contributed by atoms with Crippen LogP contribution in [0.5, 0.6) is 23.0 Å². The zero-order valence-corrected chi connectivity index (χ0v) is 18.2. The molecule has 0 heterocycles. The molecule has 0 aliphatic rings. The van der Waals surface area contributed by atoms with Crippen molar-refractivity contribution in [1.82, 2.24) is 0 Å². The van der Waals surface area contributed by atoms with Crippen LogP contribution in [-0.4, -0.2) is 26.2 Å². The van der Waals surface area contributed by atoms with Gasteiger partial charge in [0.05, 0.1) is 23.3 Å². The Balaban J connectivity index is 1.80. The highest BCUT2D eigenvalue weighted by Gasteiger charge is 2.31. The first-order valence-electron chi connectivity index (χ1n) is 8.38. The maximum atomic E-state index is 12.2. The van der Waals surface area contributed by atoms with Gasteiger partial charge in [-0.05, 0) is 18.2 Å². The minimum Gasteiger partial charge on any atom is -0.493 e. The smallest absolute Gasteiger partial charge is 0.493 e. The first-order chi connectivity index (χ1) is 14.1. The lowest BCUT2D eigenvalue weighted by molar-refractivity contribution is -0.274. The number of alkyl halides is 3. The molecule has 0 atom stereocenters. The molecule has 2 rings (SSSR count). The second kappa shape index (κ2) is 11.6. The van der Waals surface area contributed by atoms with Crippen molar-refractivity contribution in [3.05, 3.63) is 57.0 Å². The molecule has 0 unspecified atom stereocenters. The van der Waals surface area contributed by atoms with E-state index in [-0.39, 0.29) is 51.6 Å². The largest absolute Gasteiger partial charge is 0.573 e. The summed E-state index contributed by atoms with van der Waals surface area (Å²) in [4.78, 5) is 0. The van der Waals surface area contributed by atoms with Gasteiger partial charge in [-0.25, -0.2) is 0 Å². The fourth-order valence-corrected chi connectivity index (χ4v) is 2.85. The summed E-state index contributed by atoms with van der Waals surface area (Å²) in [6, 6.07) is 8.30. The summed E-state index contributed by atoms with van der Waals surface area (Å²) in [5.41, 5.74) is 0. The number of hydrogen-bond donors (Lipinski definition) is 0. The van der Waals surface area contributed by atoms with E-state index in [1.165, 1.54) is 36.4 Å². The Morgan fingerprint density at radius 3 is 2.13 bits per heavy atom. The van der Waals surface area contributed by atoms with E-state index in [0.29, 0.717) is 12.2 Å². The first-order valence-corrected chi connectivity index (χ1v) is 9.89. The van der Waals surface area contributed by atoms with Crippen molar-refractivity contribution in [2.75, 3.05) is 19.8 Å². The van der Waals surface area contributed by atoms with Gasteiger partial charge in [0.1, 0.15) is 28.3 Å². The molecule has 0 aromatic heterocycles. The average Bonchev–Trinajstić information content (AvgIpc) is 2.62. The van der Waals surface area contributed by atoms with E-state index in [1.54, 1.807) is 0 Å². The minimum atomic E-state index is -4.76. The van der Waals surface area contributed by atoms with Gasteiger partial charge in [0.2, 0.25) is 0 Å². The molecule has 2 aromatic carbocycles. The predicted octanol–water partition coefficient (Wildman–Crippen LogP) is 7.44. The highest BCUT2D eigenvalue weighted by Crippen LogP contribution is 2.37. The summed E-state index contributed by atoms with van der Waals surface area (Å²) in [5.74, 6) is 0.561. The average molecular weight is 506 g/mol. The Bertz CT molecular complexity index is 848. The van der Waals surface area contributed by atoms with E-state index < -0.39 is 6.36 Å². The molecular formula is C19H15Cl4F3O4.